The van der Waals surface area contributed by atoms with E-state index in [1.165, 1.54) is 12.1 Å². The van der Waals surface area contributed by atoms with Crippen LogP contribution in [0.1, 0.15) is 30.0 Å². The van der Waals surface area contributed by atoms with Crippen molar-refractivity contribution in [2.24, 2.45) is 0 Å². The molecule has 6 heteroatoms. The summed E-state index contributed by atoms with van der Waals surface area (Å²) < 4.78 is 44.3. The van der Waals surface area contributed by atoms with Crippen LogP contribution in [0.3, 0.4) is 0 Å². The lowest BCUT2D eigenvalue weighted by molar-refractivity contribution is -0.137. The Kier molecular flexibility index (Phi) is 6.13. The number of aliphatic hydroxyl groups is 1. The van der Waals surface area contributed by atoms with E-state index in [1.54, 1.807) is 12.1 Å². The molecule has 24 heavy (non-hydrogen) atoms. The third-order valence-corrected chi connectivity index (χ3v) is 3.89. The van der Waals surface area contributed by atoms with Crippen molar-refractivity contribution < 1.29 is 23.0 Å². The predicted octanol–water partition coefficient (Wildman–Crippen LogP) is 5.64. The van der Waals surface area contributed by atoms with Crippen molar-refractivity contribution in [1.82, 2.24) is 0 Å². The van der Waals surface area contributed by atoms with E-state index < -0.39 is 11.7 Å². The van der Waals surface area contributed by atoms with E-state index in [4.69, 9.17) is 21.4 Å². The molecule has 2 aromatic carbocycles. The van der Waals surface area contributed by atoms with Gasteiger partial charge in [-0.2, -0.15) is 13.2 Å². The van der Waals surface area contributed by atoms with Gasteiger partial charge in [0.25, 0.3) is 0 Å². The van der Waals surface area contributed by atoms with Crippen molar-refractivity contribution in [3.05, 3.63) is 58.1 Å². The summed E-state index contributed by atoms with van der Waals surface area (Å²) in [5.41, 5.74) is 1.11. The van der Waals surface area contributed by atoms with Crippen molar-refractivity contribution in [2.75, 3.05) is 6.61 Å². The zero-order valence-corrected chi connectivity index (χ0v) is 13.9. The molecule has 0 atom stereocenters. The normalized spacial score (nSPS) is 11.6. The summed E-state index contributed by atoms with van der Waals surface area (Å²) in [7, 11) is 0. The smallest absolute Gasteiger partial charge is 0.417 e. The molecule has 2 rings (SSSR count). The van der Waals surface area contributed by atoms with E-state index >= 15 is 0 Å². The van der Waals surface area contributed by atoms with Crippen LogP contribution >= 0.6 is 11.6 Å². The highest BCUT2D eigenvalue weighted by atomic mass is 35.5. The number of rotatable bonds is 6. The van der Waals surface area contributed by atoms with Gasteiger partial charge in [-0.05, 0) is 54.3 Å². The van der Waals surface area contributed by atoms with Crippen LogP contribution in [0.15, 0.2) is 36.4 Å². The van der Waals surface area contributed by atoms with Crippen molar-refractivity contribution >= 4 is 11.6 Å². The minimum atomic E-state index is -4.53. The minimum absolute atomic E-state index is 0.0447. The first kappa shape index (κ1) is 18.6. The first-order valence-corrected chi connectivity index (χ1v) is 8.00. The summed E-state index contributed by atoms with van der Waals surface area (Å²) in [4.78, 5) is 0. The molecule has 130 valence electrons. The topological polar surface area (TPSA) is 29.5 Å². The zero-order valence-electron chi connectivity index (χ0n) is 13.2. The number of benzene rings is 2. The van der Waals surface area contributed by atoms with Crippen molar-refractivity contribution in [3.8, 4) is 11.5 Å². The van der Waals surface area contributed by atoms with Crippen molar-refractivity contribution in [3.63, 3.8) is 0 Å². The first-order chi connectivity index (χ1) is 11.3. The molecule has 0 aliphatic carbocycles. The molecular weight excluding hydrogens is 341 g/mol. The molecule has 2 nitrogen and oxygen atoms in total. The van der Waals surface area contributed by atoms with Crippen LogP contribution in [0.4, 0.5) is 13.2 Å². The molecule has 0 aliphatic heterocycles. The second-order valence-electron chi connectivity index (χ2n) is 5.40. The number of ether oxygens (including phenoxy) is 1. The molecule has 0 aromatic heterocycles. The number of halogens is 4. The fraction of sp³-hybridized carbons (Fsp3) is 0.333. The fourth-order valence-corrected chi connectivity index (χ4v) is 2.68. The van der Waals surface area contributed by atoms with E-state index in [9.17, 15) is 13.2 Å². The number of aliphatic hydroxyl groups excluding tert-OH is 1. The molecule has 0 saturated carbocycles. The lowest BCUT2D eigenvalue weighted by Crippen LogP contribution is -2.06. The van der Waals surface area contributed by atoms with Crippen LogP contribution in [0.25, 0.3) is 0 Å². The molecule has 0 spiro atoms. The average molecular weight is 359 g/mol. The number of hydrogen-bond donors (Lipinski definition) is 1. The lowest BCUT2D eigenvalue weighted by Gasteiger charge is -2.14. The minimum Gasteiger partial charge on any atom is -0.457 e. The Hall–Kier alpha value is -1.72. The second kappa shape index (κ2) is 7.90. The quantitative estimate of drug-likeness (QED) is 0.724. The molecule has 0 radical (unpaired) electrons. The van der Waals surface area contributed by atoms with Crippen molar-refractivity contribution in [2.45, 2.75) is 32.4 Å². The standard InChI is InChI=1S/C18H18ClF3O2/c1-2-3-13-10-14(5-4-12(13)8-9-23)24-15-6-7-17(19)16(11-15)18(20,21)22/h4-7,10-11,23H,2-3,8-9H2,1H3. The van der Waals surface area contributed by atoms with Gasteiger partial charge in [0, 0.05) is 6.61 Å². The fourth-order valence-electron chi connectivity index (χ4n) is 2.45. The lowest BCUT2D eigenvalue weighted by atomic mass is 10.0. The summed E-state index contributed by atoms with van der Waals surface area (Å²) in [5, 5.41) is 8.74. The highest BCUT2D eigenvalue weighted by molar-refractivity contribution is 6.31. The largest absolute Gasteiger partial charge is 0.457 e. The van der Waals surface area contributed by atoms with Gasteiger partial charge in [0.1, 0.15) is 11.5 Å². The molecule has 0 amide bonds. The maximum absolute atomic E-state index is 12.9. The molecule has 0 heterocycles. The van der Waals surface area contributed by atoms with E-state index in [2.05, 4.69) is 0 Å². The van der Waals surface area contributed by atoms with Gasteiger partial charge in [0.05, 0.1) is 10.6 Å². The average Bonchev–Trinajstić information content (AvgIpc) is 2.51. The number of aryl methyl sites for hydroxylation is 1. The van der Waals surface area contributed by atoms with E-state index in [1.807, 2.05) is 13.0 Å². The highest BCUT2D eigenvalue weighted by Gasteiger charge is 2.33. The van der Waals surface area contributed by atoms with Crippen LogP contribution < -0.4 is 4.74 Å². The summed E-state index contributed by atoms with van der Waals surface area (Å²) in [6.07, 6.45) is -2.27. The molecule has 0 saturated heterocycles. The van der Waals surface area contributed by atoms with Crippen LogP contribution in [-0.4, -0.2) is 11.7 Å². The maximum Gasteiger partial charge on any atom is 0.417 e. The Morgan fingerprint density at radius 2 is 1.67 bits per heavy atom. The van der Waals surface area contributed by atoms with Crippen LogP contribution in [0, 0.1) is 0 Å². The van der Waals surface area contributed by atoms with Gasteiger partial charge in [0.15, 0.2) is 0 Å². The number of alkyl halides is 3. The Bertz CT molecular complexity index is 699. The van der Waals surface area contributed by atoms with Gasteiger partial charge < -0.3 is 9.84 Å². The van der Waals surface area contributed by atoms with Gasteiger partial charge in [-0.3, -0.25) is 0 Å². The Morgan fingerprint density at radius 3 is 2.29 bits per heavy atom. The van der Waals surface area contributed by atoms with E-state index in [-0.39, 0.29) is 17.4 Å². The first-order valence-electron chi connectivity index (χ1n) is 7.62. The SMILES string of the molecule is CCCc1cc(Oc2ccc(Cl)c(C(F)(F)F)c2)ccc1CCO. The van der Waals surface area contributed by atoms with Crippen LogP contribution in [0.2, 0.25) is 5.02 Å². The molecule has 0 aliphatic rings. The molecule has 1 N–H and O–H groups in total. The highest BCUT2D eigenvalue weighted by Crippen LogP contribution is 2.37. The third kappa shape index (κ3) is 4.65. The van der Waals surface area contributed by atoms with Gasteiger partial charge in [-0.15, -0.1) is 0 Å². The van der Waals surface area contributed by atoms with Gasteiger partial charge in [0.2, 0.25) is 0 Å². The van der Waals surface area contributed by atoms with Crippen LogP contribution in [0.5, 0.6) is 11.5 Å². The maximum atomic E-state index is 12.9. The summed E-state index contributed by atoms with van der Waals surface area (Å²) in [6.45, 7) is 2.08. The molecule has 0 fully saturated rings. The summed E-state index contributed by atoms with van der Waals surface area (Å²) in [5.74, 6) is 0.527. The Morgan fingerprint density at radius 1 is 1.00 bits per heavy atom. The Balaban J connectivity index is 2.29. The van der Waals surface area contributed by atoms with Crippen molar-refractivity contribution in [1.29, 1.82) is 0 Å². The van der Waals surface area contributed by atoms with Gasteiger partial charge >= 0.3 is 6.18 Å². The molecule has 2 aromatic rings. The Labute approximate surface area is 143 Å². The van der Waals surface area contributed by atoms with E-state index in [0.29, 0.717) is 12.2 Å². The number of hydrogen-bond acceptors (Lipinski definition) is 2. The second-order valence-corrected chi connectivity index (χ2v) is 5.80. The molecule has 0 unspecified atom stereocenters. The van der Waals surface area contributed by atoms with Gasteiger partial charge in [-0.1, -0.05) is 31.0 Å². The zero-order chi connectivity index (χ0) is 17.7. The third-order valence-electron chi connectivity index (χ3n) is 3.56. The van der Waals surface area contributed by atoms with Crippen LogP contribution in [-0.2, 0) is 19.0 Å². The monoisotopic (exact) mass is 358 g/mol. The predicted molar refractivity (Wildman–Crippen MR) is 87.8 cm³/mol. The summed E-state index contributed by atoms with van der Waals surface area (Å²) in [6, 6.07) is 8.79. The molecule has 0 bridgehead atoms. The molecular formula is C18H18ClF3O2. The van der Waals surface area contributed by atoms with Gasteiger partial charge in [-0.25, -0.2) is 0 Å². The summed E-state index contributed by atoms with van der Waals surface area (Å²) >= 11 is 5.61. The van der Waals surface area contributed by atoms with E-state index in [0.717, 1.165) is 30.0 Å².